The lowest BCUT2D eigenvalue weighted by Crippen LogP contribution is -2.33. The fourth-order valence-electron chi connectivity index (χ4n) is 2.41. The lowest BCUT2D eigenvalue weighted by atomic mass is 9.91. The van der Waals surface area contributed by atoms with Gasteiger partial charge in [0.15, 0.2) is 0 Å². The molecule has 21 heavy (non-hydrogen) atoms. The molecule has 0 N–H and O–H groups in total. The Morgan fingerprint density at radius 2 is 1.71 bits per heavy atom. The van der Waals surface area contributed by atoms with E-state index in [0.29, 0.717) is 12.5 Å². The first-order valence-corrected chi connectivity index (χ1v) is 8.52. The Hall–Kier alpha value is -0.990. The van der Waals surface area contributed by atoms with Crippen LogP contribution < -0.4 is 0 Å². The zero-order chi connectivity index (χ0) is 16.1. The topological polar surface area (TPSA) is 35.5 Å². The summed E-state index contributed by atoms with van der Waals surface area (Å²) in [7, 11) is 0. The van der Waals surface area contributed by atoms with Crippen molar-refractivity contribution in [2.24, 2.45) is 5.92 Å². The Morgan fingerprint density at radius 1 is 1.14 bits per heavy atom. The molecule has 1 atom stereocenters. The van der Waals surface area contributed by atoms with Crippen LogP contribution in [0.1, 0.15) is 79.1 Å². The maximum absolute atomic E-state index is 12.0. The summed E-state index contributed by atoms with van der Waals surface area (Å²) in [6, 6.07) is 0. The summed E-state index contributed by atoms with van der Waals surface area (Å²) in [5.74, 6) is 0.381. The molecule has 1 unspecified atom stereocenters. The van der Waals surface area contributed by atoms with Crippen LogP contribution in [-0.2, 0) is 9.47 Å². The number of hydrogen-bond acceptors (Lipinski definition) is 3. The Morgan fingerprint density at radius 3 is 2.14 bits per heavy atom. The van der Waals surface area contributed by atoms with Crippen molar-refractivity contribution in [3.63, 3.8) is 0 Å². The van der Waals surface area contributed by atoms with E-state index in [0.717, 1.165) is 51.4 Å². The molecule has 0 aromatic heterocycles. The number of carbonyl (C=O) groups excluding carboxylic acids is 1. The van der Waals surface area contributed by atoms with Crippen LogP contribution in [0.25, 0.3) is 0 Å². The van der Waals surface area contributed by atoms with Gasteiger partial charge in [-0.15, -0.1) is 0 Å². The SMILES string of the molecule is C=CC(CCCC)(CCCC)OC(=O)OCC(C)CCC. The molecule has 0 radical (unpaired) electrons. The highest BCUT2D eigenvalue weighted by atomic mass is 16.7. The Bertz CT molecular complexity index is 278. The first-order chi connectivity index (χ1) is 10.0. The molecule has 3 heteroatoms. The summed E-state index contributed by atoms with van der Waals surface area (Å²) >= 11 is 0. The maximum Gasteiger partial charge on any atom is 0.509 e. The van der Waals surface area contributed by atoms with Crippen LogP contribution >= 0.6 is 0 Å². The number of ether oxygens (including phenoxy) is 2. The molecule has 0 aromatic rings. The van der Waals surface area contributed by atoms with Gasteiger partial charge in [0, 0.05) is 0 Å². The van der Waals surface area contributed by atoms with E-state index in [4.69, 9.17) is 9.47 Å². The van der Waals surface area contributed by atoms with E-state index in [1.165, 1.54) is 0 Å². The highest BCUT2D eigenvalue weighted by Crippen LogP contribution is 2.28. The lowest BCUT2D eigenvalue weighted by Gasteiger charge is -2.30. The molecular formula is C18H34O3. The van der Waals surface area contributed by atoms with Gasteiger partial charge in [-0.1, -0.05) is 53.5 Å². The molecule has 0 spiro atoms. The summed E-state index contributed by atoms with van der Waals surface area (Å²) in [6.45, 7) is 12.8. The van der Waals surface area contributed by atoms with Crippen molar-refractivity contribution in [3.8, 4) is 0 Å². The van der Waals surface area contributed by atoms with Gasteiger partial charge in [-0.05, 0) is 44.1 Å². The summed E-state index contributed by atoms with van der Waals surface area (Å²) in [6.07, 6.45) is 9.25. The molecule has 0 heterocycles. The number of hydrogen-bond donors (Lipinski definition) is 0. The second kappa shape index (κ2) is 11.6. The molecule has 0 amide bonds. The van der Waals surface area contributed by atoms with Crippen LogP contribution in [0.4, 0.5) is 4.79 Å². The van der Waals surface area contributed by atoms with Gasteiger partial charge >= 0.3 is 6.16 Å². The largest absolute Gasteiger partial charge is 0.509 e. The van der Waals surface area contributed by atoms with Crippen LogP contribution in [0.5, 0.6) is 0 Å². The quantitative estimate of drug-likeness (QED) is 0.333. The molecule has 0 saturated carbocycles. The second-order valence-electron chi connectivity index (χ2n) is 6.03. The van der Waals surface area contributed by atoms with Gasteiger partial charge in [0.2, 0.25) is 0 Å². The molecule has 0 aromatic carbocycles. The molecule has 3 nitrogen and oxygen atoms in total. The Labute approximate surface area is 131 Å². The first kappa shape index (κ1) is 20.0. The van der Waals surface area contributed by atoms with Gasteiger partial charge in [-0.2, -0.15) is 0 Å². The monoisotopic (exact) mass is 298 g/mol. The average molecular weight is 298 g/mol. The molecule has 0 rings (SSSR count). The molecular weight excluding hydrogens is 264 g/mol. The normalized spacial score (nSPS) is 12.8. The zero-order valence-corrected chi connectivity index (χ0v) is 14.5. The zero-order valence-electron chi connectivity index (χ0n) is 14.5. The molecule has 0 fully saturated rings. The van der Waals surface area contributed by atoms with Crippen LogP contribution in [-0.4, -0.2) is 18.4 Å². The van der Waals surface area contributed by atoms with Crippen molar-refractivity contribution in [1.82, 2.24) is 0 Å². The molecule has 0 aliphatic rings. The third-order valence-corrected chi connectivity index (χ3v) is 3.83. The van der Waals surface area contributed by atoms with Crippen molar-refractivity contribution >= 4 is 6.16 Å². The smallest absolute Gasteiger partial charge is 0.434 e. The standard InChI is InChI=1S/C18H34O3/c1-6-10-13-18(9-4,14-11-7-2)21-17(19)20-15-16(5)12-8-3/h9,16H,4,6-8,10-15H2,1-3,5H3. The van der Waals surface area contributed by atoms with Crippen LogP contribution in [0.3, 0.4) is 0 Å². The maximum atomic E-state index is 12.0. The fourth-order valence-corrected chi connectivity index (χ4v) is 2.41. The van der Waals surface area contributed by atoms with E-state index in [9.17, 15) is 4.79 Å². The minimum Gasteiger partial charge on any atom is -0.434 e. The van der Waals surface area contributed by atoms with E-state index in [2.05, 4.69) is 34.3 Å². The minimum atomic E-state index is -0.558. The van der Waals surface area contributed by atoms with Crippen molar-refractivity contribution in [2.75, 3.05) is 6.61 Å². The lowest BCUT2D eigenvalue weighted by molar-refractivity contribution is -0.0250. The predicted molar refractivity (Wildman–Crippen MR) is 88.5 cm³/mol. The van der Waals surface area contributed by atoms with Gasteiger partial charge in [0.05, 0.1) is 6.61 Å². The predicted octanol–water partition coefficient (Wildman–Crippen LogP) is 5.88. The van der Waals surface area contributed by atoms with E-state index in [1.807, 2.05) is 0 Å². The molecule has 124 valence electrons. The van der Waals surface area contributed by atoms with E-state index >= 15 is 0 Å². The molecule has 0 bridgehead atoms. The van der Waals surface area contributed by atoms with Crippen molar-refractivity contribution < 1.29 is 14.3 Å². The number of carbonyl (C=O) groups is 1. The Balaban J connectivity index is 4.48. The fraction of sp³-hybridized carbons (Fsp3) is 0.833. The van der Waals surface area contributed by atoms with E-state index in [1.54, 1.807) is 6.08 Å². The van der Waals surface area contributed by atoms with Gasteiger partial charge in [0.25, 0.3) is 0 Å². The van der Waals surface area contributed by atoms with Gasteiger partial charge < -0.3 is 9.47 Å². The summed E-state index contributed by atoms with van der Waals surface area (Å²) < 4.78 is 10.9. The van der Waals surface area contributed by atoms with Crippen LogP contribution in [0, 0.1) is 5.92 Å². The third kappa shape index (κ3) is 8.79. The van der Waals surface area contributed by atoms with Gasteiger partial charge in [0.1, 0.15) is 5.60 Å². The third-order valence-electron chi connectivity index (χ3n) is 3.83. The highest BCUT2D eigenvalue weighted by molar-refractivity contribution is 5.61. The Kier molecular flexibility index (Phi) is 11.1. The highest BCUT2D eigenvalue weighted by Gasteiger charge is 2.30. The van der Waals surface area contributed by atoms with E-state index in [-0.39, 0.29) is 0 Å². The first-order valence-electron chi connectivity index (χ1n) is 8.52. The molecule has 0 aliphatic heterocycles. The average Bonchev–Trinajstić information content (AvgIpc) is 2.48. The van der Waals surface area contributed by atoms with E-state index < -0.39 is 11.8 Å². The van der Waals surface area contributed by atoms with Crippen molar-refractivity contribution in [1.29, 1.82) is 0 Å². The van der Waals surface area contributed by atoms with Crippen molar-refractivity contribution in [3.05, 3.63) is 12.7 Å². The van der Waals surface area contributed by atoms with Crippen LogP contribution in [0.15, 0.2) is 12.7 Å². The van der Waals surface area contributed by atoms with Gasteiger partial charge in [-0.25, -0.2) is 4.79 Å². The molecule has 0 saturated heterocycles. The minimum absolute atomic E-state index is 0.381. The number of rotatable bonds is 12. The van der Waals surface area contributed by atoms with Crippen LogP contribution in [0.2, 0.25) is 0 Å². The second-order valence-corrected chi connectivity index (χ2v) is 6.03. The molecule has 0 aliphatic carbocycles. The van der Waals surface area contributed by atoms with Gasteiger partial charge in [-0.3, -0.25) is 0 Å². The van der Waals surface area contributed by atoms with Crippen molar-refractivity contribution in [2.45, 2.75) is 84.7 Å². The summed E-state index contributed by atoms with van der Waals surface area (Å²) in [5.41, 5.74) is -0.558. The number of unbranched alkanes of at least 4 members (excludes halogenated alkanes) is 2. The summed E-state index contributed by atoms with van der Waals surface area (Å²) in [4.78, 5) is 12.0. The summed E-state index contributed by atoms with van der Waals surface area (Å²) in [5, 5.41) is 0.